The first kappa shape index (κ1) is 27.0. The lowest BCUT2D eigenvalue weighted by Crippen LogP contribution is -2.33. The molecule has 10 nitrogen and oxygen atoms in total. The molecular formula is C28H34N6O4. The number of nitrogens with one attached hydrogen (secondary N) is 1. The van der Waals surface area contributed by atoms with E-state index in [1.54, 1.807) is 6.92 Å². The zero-order valence-electron chi connectivity index (χ0n) is 22.3. The summed E-state index contributed by atoms with van der Waals surface area (Å²) in [6.07, 6.45) is 0.662. The van der Waals surface area contributed by atoms with Crippen molar-refractivity contribution >= 4 is 16.9 Å². The summed E-state index contributed by atoms with van der Waals surface area (Å²) in [5, 5.41) is 13.1. The van der Waals surface area contributed by atoms with Crippen molar-refractivity contribution in [2.24, 2.45) is 0 Å². The summed E-state index contributed by atoms with van der Waals surface area (Å²) in [6.45, 7) is 9.45. The number of aromatic nitrogens is 5. The van der Waals surface area contributed by atoms with Crippen molar-refractivity contribution < 1.29 is 14.3 Å². The Morgan fingerprint density at radius 3 is 2.55 bits per heavy atom. The Morgan fingerprint density at radius 1 is 1.05 bits per heavy atom. The van der Waals surface area contributed by atoms with Crippen LogP contribution in [0.5, 0.6) is 5.75 Å². The molecule has 0 spiro atoms. The first-order valence-corrected chi connectivity index (χ1v) is 12.9. The third-order valence-electron chi connectivity index (χ3n) is 6.35. The molecule has 0 aliphatic rings. The van der Waals surface area contributed by atoms with Gasteiger partial charge in [0.1, 0.15) is 12.3 Å². The Kier molecular flexibility index (Phi) is 8.85. The Hall–Kier alpha value is -4.05. The van der Waals surface area contributed by atoms with Crippen LogP contribution in [0.4, 0.5) is 0 Å². The highest BCUT2D eigenvalue weighted by atomic mass is 16.5. The van der Waals surface area contributed by atoms with Crippen LogP contribution in [0.15, 0.2) is 53.3 Å². The van der Waals surface area contributed by atoms with Crippen molar-refractivity contribution in [3.63, 3.8) is 0 Å². The SMILES string of the molecule is CCOC(=O)Cn1nnnc1[C@H](CC)N(Cc1ccc(C)cc1)Cc1cc2cc(OCC)ccc2[nH]c1=O. The van der Waals surface area contributed by atoms with E-state index in [4.69, 9.17) is 9.47 Å². The van der Waals surface area contributed by atoms with Crippen molar-refractivity contribution in [3.05, 3.63) is 81.4 Å². The number of nitrogens with zero attached hydrogens (tertiary/aromatic N) is 5. The number of tetrazole rings is 1. The van der Waals surface area contributed by atoms with Crippen molar-refractivity contribution in [3.8, 4) is 5.75 Å². The van der Waals surface area contributed by atoms with Crippen LogP contribution in [0, 0.1) is 6.92 Å². The number of aromatic amines is 1. The summed E-state index contributed by atoms with van der Waals surface area (Å²) in [5.41, 5.74) is 3.46. The van der Waals surface area contributed by atoms with Crippen LogP contribution in [0.3, 0.4) is 0 Å². The van der Waals surface area contributed by atoms with Gasteiger partial charge in [-0.2, -0.15) is 0 Å². The fraction of sp³-hybridized carbons (Fsp3) is 0.393. The van der Waals surface area contributed by atoms with E-state index in [0.29, 0.717) is 37.5 Å². The maximum atomic E-state index is 13.1. The normalized spacial score (nSPS) is 12.1. The number of fused-ring (bicyclic) bond motifs is 1. The van der Waals surface area contributed by atoms with Crippen LogP contribution in [-0.4, -0.2) is 49.3 Å². The third kappa shape index (κ3) is 6.44. The second-order valence-corrected chi connectivity index (χ2v) is 9.12. The fourth-order valence-electron chi connectivity index (χ4n) is 4.52. The minimum Gasteiger partial charge on any atom is -0.494 e. The average Bonchev–Trinajstić information content (AvgIpc) is 3.34. The van der Waals surface area contributed by atoms with E-state index in [-0.39, 0.29) is 24.8 Å². The second-order valence-electron chi connectivity index (χ2n) is 9.12. The van der Waals surface area contributed by atoms with Gasteiger partial charge in [0.15, 0.2) is 5.82 Å². The first-order valence-electron chi connectivity index (χ1n) is 12.9. The van der Waals surface area contributed by atoms with Crippen LogP contribution in [0.25, 0.3) is 10.9 Å². The zero-order valence-corrected chi connectivity index (χ0v) is 22.3. The van der Waals surface area contributed by atoms with Gasteiger partial charge in [-0.15, -0.1) is 5.10 Å². The van der Waals surface area contributed by atoms with Crippen LogP contribution >= 0.6 is 0 Å². The molecule has 0 aliphatic heterocycles. The molecule has 38 heavy (non-hydrogen) atoms. The lowest BCUT2D eigenvalue weighted by atomic mass is 10.1. The molecule has 200 valence electrons. The minimum absolute atomic E-state index is 0.0815. The summed E-state index contributed by atoms with van der Waals surface area (Å²) in [4.78, 5) is 30.5. The Labute approximate surface area is 221 Å². The Bertz CT molecular complexity index is 1430. The van der Waals surface area contributed by atoms with Crippen LogP contribution in [0.2, 0.25) is 0 Å². The molecule has 2 heterocycles. The number of rotatable bonds is 12. The zero-order chi connectivity index (χ0) is 27.1. The predicted octanol–water partition coefficient (Wildman–Crippen LogP) is 3.94. The first-order chi connectivity index (χ1) is 18.4. The van der Waals surface area contributed by atoms with Crippen molar-refractivity contribution in [2.45, 2.75) is 59.8 Å². The topological polar surface area (TPSA) is 115 Å². The molecule has 1 atom stereocenters. The number of hydrogen-bond acceptors (Lipinski definition) is 8. The number of H-pyrrole nitrogens is 1. The molecule has 0 amide bonds. The van der Waals surface area contributed by atoms with Crippen molar-refractivity contribution in [1.29, 1.82) is 0 Å². The fourth-order valence-corrected chi connectivity index (χ4v) is 4.52. The molecular weight excluding hydrogens is 484 g/mol. The summed E-state index contributed by atoms with van der Waals surface area (Å²) in [6, 6.07) is 15.6. The highest BCUT2D eigenvalue weighted by Gasteiger charge is 2.27. The van der Waals surface area contributed by atoms with Crippen molar-refractivity contribution in [2.75, 3.05) is 13.2 Å². The smallest absolute Gasteiger partial charge is 0.327 e. The number of carbonyl (C=O) groups excluding carboxylic acids is 1. The van der Waals surface area contributed by atoms with Gasteiger partial charge in [0, 0.05) is 29.6 Å². The molecule has 0 fully saturated rings. The molecule has 4 rings (SSSR count). The lowest BCUT2D eigenvalue weighted by Gasteiger charge is -2.30. The van der Waals surface area contributed by atoms with Gasteiger partial charge >= 0.3 is 5.97 Å². The Balaban J connectivity index is 1.72. The van der Waals surface area contributed by atoms with Gasteiger partial charge < -0.3 is 14.5 Å². The monoisotopic (exact) mass is 518 g/mol. The van der Waals surface area contributed by atoms with E-state index in [1.165, 1.54) is 10.2 Å². The Morgan fingerprint density at radius 2 is 1.84 bits per heavy atom. The summed E-state index contributed by atoms with van der Waals surface area (Å²) < 4.78 is 12.2. The number of benzene rings is 2. The molecule has 10 heteroatoms. The second kappa shape index (κ2) is 12.5. The van der Waals surface area contributed by atoms with Gasteiger partial charge in [-0.1, -0.05) is 36.8 Å². The van der Waals surface area contributed by atoms with Crippen LogP contribution in [-0.2, 0) is 29.2 Å². The molecule has 0 unspecified atom stereocenters. The molecule has 0 bridgehead atoms. The quantitative estimate of drug-likeness (QED) is 0.281. The van der Waals surface area contributed by atoms with E-state index in [2.05, 4.69) is 49.7 Å². The molecule has 0 saturated heterocycles. The maximum absolute atomic E-state index is 13.1. The highest BCUT2D eigenvalue weighted by molar-refractivity contribution is 5.80. The molecule has 0 aliphatic carbocycles. The highest BCUT2D eigenvalue weighted by Crippen LogP contribution is 2.27. The number of aryl methyl sites for hydroxylation is 1. The van der Waals surface area contributed by atoms with Crippen LogP contribution in [0.1, 0.15) is 55.7 Å². The number of esters is 1. The predicted molar refractivity (Wildman–Crippen MR) is 144 cm³/mol. The summed E-state index contributed by atoms with van der Waals surface area (Å²) >= 11 is 0. The average molecular weight is 519 g/mol. The standard InChI is InChI=1S/C28H34N6O4/c1-5-25(27-30-31-32-34(27)18-26(35)38-7-3)33(16-20-10-8-19(4)9-11-20)17-22-14-21-15-23(37-6-2)12-13-24(21)29-28(22)36/h8-15,25H,5-7,16-18H2,1-4H3,(H,29,36)/t25-/m0/s1. The third-order valence-corrected chi connectivity index (χ3v) is 6.35. The lowest BCUT2D eigenvalue weighted by molar-refractivity contribution is -0.144. The van der Waals surface area contributed by atoms with E-state index in [1.807, 2.05) is 45.0 Å². The molecule has 0 radical (unpaired) electrons. The van der Waals surface area contributed by atoms with E-state index >= 15 is 0 Å². The van der Waals surface area contributed by atoms with E-state index in [0.717, 1.165) is 22.2 Å². The number of ether oxygens (including phenoxy) is 2. The van der Waals surface area contributed by atoms with Gasteiger partial charge in [-0.25, -0.2) is 4.68 Å². The van der Waals surface area contributed by atoms with Crippen molar-refractivity contribution in [1.82, 2.24) is 30.1 Å². The maximum Gasteiger partial charge on any atom is 0.327 e. The molecule has 4 aromatic rings. The summed E-state index contributed by atoms with van der Waals surface area (Å²) in [7, 11) is 0. The molecule has 2 aromatic carbocycles. The van der Waals surface area contributed by atoms with Crippen LogP contribution < -0.4 is 10.3 Å². The largest absolute Gasteiger partial charge is 0.494 e. The summed E-state index contributed by atoms with van der Waals surface area (Å²) in [5.74, 6) is 0.889. The van der Waals surface area contributed by atoms with E-state index in [9.17, 15) is 9.59 Å². The molecule has 0 saturated carbocycles. The molecule has 2 aromatic heterocycles. The van der Waals surface area contributed by atoms with Gasteiger partial charge in [0.2, 0.25) is 0 Å². The van der Waals surface area contributed by atoms with Gasteiger partial charge in [-0.05, 0) is 67.4 Å². The number of carbonyl (C=O) groups is 1. The minimum atomic E-state index is -0.405. The van der Waals surface area contributed by atoms with E-state index < -0.39 is 5.97 Å². The number of pyridine rings is 1. The molecule has 1 N–H and O–H groups in total. The van der Waals surface area contributed by atoms with Gasteiger partial charge in [0.25, 0.3) is 5.56 Å². The number of hydrogen-bond donors (Lipinski definition) is 1. The van der Waals surface area contributed by atoms with Gasteiger partial charge in [-0.3, -0.25) is 14.5 Å². The van der Waals surface area contributed by atoms with Gasteiger partial charge in [0.05, 0.1) is 19.3 Å².